The third kappa shape index (κ3) is 6.01. The van der Waals surface area contributed by atoms with Crippen LogP contribution in [0.25, 0.3) is 0 Å². The Morgan fingerprint density at radius 3 is 2.46 bits per heavy atom. The third-order valence-electron chi connectivity index (χ3n) is 5.46. The van der Waals surface area contributed by atoms with Gasteiger partial charge in [0.2, 0.25) is 0 Å². The van der Waals surface area contributed by atoms with Crippen LogP contribution >= 0.6 is 23.4 Å². The molecule has 3 aromatic carbocycles. The molecule has 0 aliphatic carbocycles. The van der Waals surface area contributed by atoms with Gasteiger partial charge in [0.05, 0.1) is 7.11 Å². The average molecular weight is 514 g/mol. The van der Waals surface area contributed by atoms with Crippen molar-refractivity contribution in [2.24, 2.45) is 0 Å². The van der Waals surface area contributed by atoms with Gasteiger partial charge in [-0.15, -0.1) is 11.8 Å². The third-order valence-corrected chi connectivity index (χ3v) is 7.03. The number of ether oxygens (including phenoxy) is 3. The van der Waals surface area contributed by atoms with Crippen LogP contribution in [0.1, 0.15) is 16.5 Å². The van der Waals surface area contributed by atoms with Gasteiger partial charge in [0.25, 0.3) is 5.91 Å². The van der Waals surface area contributed by atoms with E-state index in [1.54, 1.807) is 43.5 Å². The highest BCUT2D eigenvalue weighted by molar-refractivity contribution is 7.99. The topological polar surface area (TPSA) is 85.3 Å². The van der Waals surface area contributed by atoms with Crippen LogP contribution in [-0.4, -0.2) is 47.4 Å². The summed E-state index contributed by atoms with van der Waals surface area (Å²) in [4.78, 5) is 26.4. The van der Waals surface area contributed by atoms with E-state index in [1.165, 1.54) is 16.7 Å². The number of carbonyl (C=O) groups excluding carboxylic acids is 1. The van der Waals surface area contributed by atoms with Crippen LogP contribution in [-0.2, 0) is 16.2 Å². The van der Waals surface area contributed by atoms with Crippen LogP contribution < -0.4 is 14.2 Å². The molecular weight excluding hydrogens is 490 g/mol. The Hall–Kier alpha value is -3.36. The number of benzene rings is 3. The first-order chi connectivity index (χ1) is 17.0. The van der Waals surface area contributed by atoms with E-state index in [0.29, 0.717) is 28.9 Å². The maximum absolute atomic E-state index is 13.1. The smallest absolute Gasteiger partial charge is 0.327 e. The van der Waals surface area contributed by atoms with E-state index < -0.39 is 23.3 Å². The maximum atomic E-state index is 13.1. The number of amides is 1. The van der Waals surface area contributed by atoms with E-state index in [-0.39, 0.29) is 12.4 Å². The number of thioether (sulfide) groups is 1. The summed E-state index contributed by atoms with van der Waals surface area (Å²) in [5.41, 5.74) is 1.76. The van der Waals surface area contributed by atoms with Gasteiger partial charge in [0.1, 0.15) is 23.8 Å². The molecule has 1 aliphatic heterocycles. The van der Waals surface area contributed by atoms with Crippen LogP contribution in [0, 0.1) is 0 Å². The van der Waals surface area contributed by atoms with E-state index in [0.717, 1.165) is 11.1 Å². The quantitative estimate of drug-likeness (QED) is 0.429. The molecular formula is C26H24ClNO6S. The van der Waals surface area contributed by atoms with Crippen LogP contribution in [0.5, 0.6) is 17.2 Å². The lowest BCUT2D eigenvalue weighted by Gasteiger charge is -2.28. The lowest BCUT2D eigenvalue weighted by molar-refractivity contribution is -0.150. The number of aliphatic carboxylic acids is 1. The Labute approximate surface area is 212 Å². The first-order valence-electron chi connectivity index (χ1n) is 10.8. The van der Waals surface area contributed by atoms with E-state index >= 15 is 0 Å². The van der Waals surface area contributed by atoms with Gasteiger partial charge in [-0.05, 0) is 47.5 Å². The van der Waals surface area contributed by atoms with Crippen molar-refractivity contribution in [3.8, 4) is 17.2 Å². The second-order valence-electron chi connectivity index (χ2n) is 7.77. The van der Waals surface area contributed by atoms with Gasteiger partial charge in [0.15, 0.2) is 18.1 Å². The molecule has 9 heteroatoms. The Balaban J connectivity index is 1.51. The largest absolute Gasteiger partial charge is 0.493 e. The Bertz CT molecular complexity index is 1170. The molecule has 1 N–H and O–H groups in total. The molecule has 0 spiro atoms. The van der Waals surface area contributed by atoms with Crippen molar-refractivity contribution in [2.75, 3.05) is 19.5 Å². The van der Waals surface area contributed by atoms with Gasteiger partial charge in [-0.2, -0.15) is 0 Å². The second-order valence-corrected chi connectivity index (χ2v) is 9.32. The van der Waals surface area contributed by atoms with Gasteiger partial charge in [-0.1, -0.05) is 48.0 Å². The minimum Gasteiger partial charge on any atom is -0.493 e. The van der Waals surface area contributed by atoms with E-state index in [9.17, 15) is 14.7 Å². The minimum atomic E-state index is -1.06. The first kappa shape index (κ1) is 24.8. The Morgan fingerprint density at radius 1 is 1.03 bits per heavy atom. The fourth-order valence-electron chi connectivity index (χ4n) is 3.70. The zero-order valence-electron chi connectivity index (χ0n) is 18.9. The summed E-state index contributed by atoms with van der Waals surface area (Å²) in [6.07, 6.45) is 0. The van der Waals surface area contributed by atoms with Crippen LogP contribution in [0.4, 0.5) is 0 Å². The zero-order chi connectivity index (χ0) is 24.8. The van der Waals surface area contributed by atoms with Crippen molar-refractivity contribution in [3.05, 3.63) is 88.9 Å². The molecule has 2 unspecified atom stereocenters. The number of methoxy groups -OCH3 is 1. The summed E-state index contributed by atoms with van der Waals surface area (Å²) >= 11 is 7.27. The minimum absolute atomic E-state index is 0.265. The van der Waals surface area contributed by atoms with E-state index in [1.807, 2.05) is 36.4 Å². The van der Waals surface area contributed by atoms with E-state index in [2.05, 4.69) is 0 Å². The number of carbonyl (C=O) groups is 2. The molecule has 4 rings (SSSR count). The summed E-state index contributed by atoms with van der Waals surface area (Å²) < 4.78 is 17.0. The standard InChI is InChI=1S/C26H24ClNO6S/c1-32-23-13-18(7-12-22(23)34-14-17-5-3-2-4-6-17)25-28(21(16-35-25)26(30)31)24(29)15-33-20-10-8-19(27)9-11-20/h2-13,21,25H,14-16H2,1H3,(H,30,31). The predicted molar refractivity (Wildman–Crippen MR) is 134 cm³/mol. The normalized spacial score (nSPS) is 17.1. The Morgan fingerprint density at radius 2 is 1.77 bits per heavy atom. The summed E-state index contributed by atoms with van der Waals surface area (Å²) in [5.74, 6) is 0.311. The fraction of sp³-hybridized carbons (Fsp3) is 0.231. The molecule has 3 aromatic rings. The molecule has 1 amide bonds. The maximum Gasteiger partial charge on any atom is 0.327 e. The summed E-state index contributed by atoms with van der Waals surface area (Å²) in [5, 5.41) is 9.78. The van der Waals surface area contributed by atoms with Crippen molar-refractivity contribution in [3.63, 3.8) is 0 Å². The van der Waals surface area contributed by atoms with Crippen molar-refractivity contribution in [1.29, 1.82) is 0 Å². The number of carboxylic acids is 1. The second kappa shape index (κ2) is 11.4. The molecule has 1 fully saturated rings. The summed E-state index contributed by atoms with van der Waals surface area (Å²) in [6, 6.07) is 20.8. The lowest BCUT2D eigenvalue weighted by Crippen LogP contribution is -2.45. The van der Waals surface area contributed by atoms with Crippen molar-refractivity contribution >= 4 is 35.2 Å². The number of nitrogens with zero attached hydrogens (tertiary/aromatic N) is 1. The molecule has 182 valence electrons. The summed E-state index contributed by atoms with van der Waals surface area (Å²) in [7, 11) is 1.54. The number of hydrogen-bond acceptors (Lipinski definition) is 6. The van der Waals surface area contributed by atoms with Crippen molar-refractivity contribution in [2.45, 2.75) is 18.0 Å². The zero-order valence-corrected chi connectivity index (χ0v) is 20.5. The van der Waals surface area contributed by atoms with Crippen LogP contribution in [0.3, 0.4) is 0 Å². The molecule has 0 bridgehead atoms. The highest BCUT2D eigenvalue weighted by atomic mass is 35.5. The molecule has 0 aromatic heterocycles. The van der Waals surface area contributed by atoms with Crippen molar-refractivity contribution in [1.82, 2.24) is 4.90 Å². The average Bonchev–Trinajstić information content (AvgIpc) is 3.33. The SMILES string of the molecule is COc1cc(C2SCC(C(=O)O)N2C(=O)COc2ccc(Cl)cc2)ccc1OCc1ccccc1. The van der Waals surface area contributed by atoms with Gasteiger partial charge in [0, 0.05) is 10.8 Å². The highest BCUT2D eigenvalue weighted by Gasteiger charge is 2.42. The number of halogens is 1. The molecule has 0 saturated carbocycles. The number of carboxylic acid groups (broad SMARTS) is 1. The van der Waals surface area contributed by atoms with Crippen LogP contribution in [0.15, 0.2) is 72.8 Å². The monoisotopic (exact) mass is 513 g/mol. The van der Waals surface area contributed by atoms with Gasteiger partial charge < -0.3 is 24.2 Å². The molecule has 0 radical (unpaired) electrons. The molecule has 1 saturated heterocycles. The van der Waals surface area contributed by atoms with Gasteiger partial charge in [-0.25, -0.2) is 4.79 Å². The molecule has 35 heavy (non-hydrogen) atoms. The molecule has 2 atom stereocenters. The lowest BCUT2D eigenvalue weighted by atomic mass is 10.1. The molecule has 1 aliphatic rings. The van der Waals surface area contributed by atoms with E-state index in [4.69, 9.17) is 25.8 Å². The fourth-order valence-corrected chi connectivity index (χ4v) is 5.26. The number of rotatable bonds is 9. The first-order valence-corrected chi connectivity index (χ1v) is 12.3. The van der Waals surface area contributed by atoms with Crippen molar-refractivity contribution < 1.29 is 28.9 Å². The summed E-state index contributed by atoms with van der Waals surface area (Å²) in [6.45, 7) is 0.0837. The Kier molecular flexibility index (Phi) is 8.05. The molecule has 1 heterocycles. The van der Waals surface area contributed by atoms with Crippen LogP contribution in [0.2, 0.25) is 5.02 Å². The highest BCUT2D eigenvalue weighted by Crippen LogP contribution is 2.44. The predicted octanol–water partition coefficient (Wildman–Crippen LogP) is 5.03. The molecule has 7 nitrogen and oxygen atoms in total. The number of hydrogen-bond donors (Lipinski definition) is 1. The van der Waals surface area contributed by atoms with Gasteiger partial charge >= 0.3 is 5.97 Å². The van der Waals surface area contributed by atoms with Gasteiger partial charge in [-0.3, -0.25) is 4.79 Å².